The molecule has 2 saturated heterocycles. The Hall–Kier alpha value is -3.49. The lowest BCUT2D eigenvalue weighted by molar-refractivity contribution is -0.124. The van der Waals surface area contributed by atoms with Crippen molar-refractivity contribution >= 4 is 23.7 Å². The predicted octanol–water partition coefficient (Wildman–Crippen LogP) is 2.55. The number of anilines is 1. The van der Waals surface area contributed by atoms with Crippen molar-refractivity contribution in [3.63, 3.8) is 0 Å². The van der Waals surface area contributed by atoms with Crippen LogP contribution in [0.3, 0.4) is 0 Å². The third kappa shape index (κ3) is 3.92. The van der Waals surface area contributed by atoms with E-state index in [0.717, 1.165) is 22.6 Å². The van der Waals surface area contributed by atoms with Crippen molar-refractivity contribution in [3.8, 4) is 0 Å². The van der Waals surface area contributed by atoms with Crippen LogP contribution in [0.2, 0.25) is 0 Å². The standard InChI is InChI=1S/C24H28FN5O3/c1-5-24(22(32)27-23(33)28-24)17-6-7-18(19(25)13-17)21(31)30-10-8-29(9-11-30)20-15(3)12-14(2)16(4)26-20/h6-7,12-13H,5,8-11H2,1-4H3,(H2,27,28,32,33). The number of amides is 4. The van der Waals surface area contributed by atoms with Crippen LogP contribution in [0.25, 0.3) is 0 Å². The molecule has 2 aromatic rings. The fraction of sp³-hybridized carbons (Fsp3) is 0.417. The molecule has 0 radical (unpaired) electrons. The Kier molecular flexibility index (Phi) is 5.82. The van der Waals surface area contributed by atoms with E-state index < -0.39 is 29.2 Å². The van der Waals surface area contributed by atoms with E-state index in [0.29, 0.717) is 31.7 Å². The summed E-state index contributed by atoms with van der Waals surface area (Å²) in [5, 5.41) is 4.78. The number of aromatic nitrogens is 1. The van der Waals surface area contributed by atoms with Crippen LogP contribution in [0.5, 0.6) is 0 Å². The molecule has 3 heterocycles. The smallest absolute Gasteiger partial charge is 0.322 e. The number of pyridine rings is 1. The van der Waals surface area contributed by atoms with Crippen LogP contribution >= 0.6 is 0 Å². The van der Waals surface area contributed by atoms with Crippen molar-refractivity contribution in [2.45, 2.75) is 39.7 Å². The van der Waals surface area contributed by atoms with Gasteiger partial charge < -0.3 is 15.1 Å². The molecule has 8 nitrogen and oxygen atoms in total. The van der Waals surface area contributed by atoms with Crippen molar-refractivity contribution in [1.82, 2.24) is 20.5 Å². The minimum atomic E-state index is -1.33. The average molecular weight is 454 g/mol. The minimum Gasteiger partial charge on any atom is -0.353 e. The van der Waals surface area contributed by atoms with Gasteiger partial charge in [0.25, 0.3) is 11.8 Å². The minimum absolute atomic E-state index is 0.0522. The zero-order valence-corrected chi connectivity index (χ0v) is 19.3. The van der Waals surface area contributed by atoms with Crippen molar-refractivity contribution in [2.75, 3.05) is 31.1 Å². The Balaban J connectivity index is 1.49. The predicted molar refractivity (Wildman–Crippen MR) is 122 cm³/mol. The topological polar surface area (TPSA) is 94.6 Å². The first kappa shape index (κ1) is 22.7. The summed E-state index contributed by atoms with van der Waals surface area (Å²) in [5.41, 5.74) is 2.14. The zero-order valence-electron chi connectivity index (χ0n) is 19.3. The van der Waals surface area contributed by atoms with Gasteiger partial charge in [0.15, 0.2) is 0 Å². The van der Waals surface area contributed by atoms with Crippen molar-refractivity contribution < 1.29 is 18.8 Å². The Morgan fingerprint density at radius 1 is 1.09 bits per heavy atom. The van der Waals surface area contributed by atoms with E-state index in [4.69, 9.17) is 4.98 Å². The molecule has 1 unspecified atom stereocenters. The molecule has 0 aliphatic carbocycles. The zero-order chi connectivity index (χ0) is 23.9. The summed E-state index contributed by atoms with van der Waals surface area (Å²) in [6.07, 6.45) is 0.255. The van der Waals surface area contributed by atoms with E-state index in [1.165, 1.54) is 18.2 Å². The maximum absolute atomic E-state index is 15.0. The van der Waals surface area contributed by atoms with E-state index >= 15 is 4.39 Å². The summed E-state index contributed by atoms with van der Waals surface area (Å²) in [6.45, 7) is 9.88. The highest BCUT2D eigenvalue weighted by atomic mass is 19.1. The summed E-state index contributed by atoms with van der Waals surface area (Å²) in [4.78, 5) is 45.5. The molecular formula is C24H28FN5O3. The molecule has 1 atom stereocenters. The molecule has 2 aliphatic heterocycles. The van der Waals surface area contributed by atoms with Crippen molar-refractivity contribution in [3.05, 3.63) is 58.0 Å². The van der Waals surface area contributed by atoms with E-state index in [1.54, 1.807) is 11.8 Å². The molecule has 4 rings (SSSR count). The van der Waals surface area contributed by atoms with E-state index in [9.17, 15) is 14.4 Å². The highest BCUT2D eigenvalue weighted by molar-refractivity contribution is 6.07. The fourth-order valence-corrected chi connectivity index (χ4v) is 4.54. The second-order valence-corrected chi connectivity index (χ2v) is 8.67. The maximum Gasteiger partial charge on any atom is 0.322 e. The molecule has 1 aromatic heterocycles. The summed E-state index contributed by atoms with van der Waals surface area (Å²) in [5.74, 6) is -0.718. The van der Waals surface area contributed by atoms with E-state index in [-0.39, 0.29) is 12.0 Å². The molecule has 0 saturated carbocycles. The summed E-state index contributed by atoms with van der Waals surface area (Å²) >= 11 is 0. The monoisotopic (exact) mass is 453 g/mol. The lowest BCUT2D eigenvalue weighted by Gasteiger charge is -2.36. The number of carbonyl (C=O) groups is 3. The van der Waals surface area contributed by atoms with Gasteiger partial charge in [-0.3, -0.25) is 14.9 Å². The molecular weight excluding hydrogens is 425 g/mol. The first-order valence-electron chi connectivity index (χ1n) is 11.1. The number of imide groups is 1. The molecule has 174 valence electrons. The van der Waals surface area contributed by atoms with Crippen LogP contribution in [0.15, 0.2) is 24.3 Å². The van der Waals surface area contributed by atoms with Gasteiger partial charge >= 0.3 is 6.03 Å². The average Bonchev–Trinajstić information content (AvgIpc) is 3.10. The van der Waals surface area contributed by atoms with Crippen molar-refractivity contribution in [1.29, 1.82) is 0 Å². The number of rotatable bonds is 4. The molecule has 0 spiro atoms. The van der Waals surface area contributed by atoms with Gasteiger partial charge in [-0.2, -0.15) is 0 Å². The number of benzene rings is 1. The quantitative estimate of drug-likeness (QED) is 0.694. The molecule has 4 amide bonds. The van der Waals surface area contributed by atoms with Crippen LogP contribution in [0, 0.1) is 26.6 Å². The van der Waals surface area contributed by atoms with Crippen LogP contribution in [0.1, 0.15) is 46.1 Å². The third-order valence-corrected chi connectivity index (χ3v) is 6.66. The van der Waals surface area contributed by atoms with Gasteiger partial charge in [-0.15, -0.1) is 0 Å². The third-order valence-electron chi connectivity index (χ3n) is 6.66. The van der Waals surface area contributed by atoms with Gasteiger partial charge in [0, 0.05) is 31.9 Å². The largest absolute Gasteiger partial charge is 0.353 e. The summed E-state index contributed by atoms with van der Waals surface area (Å²) < 4.78 is 15.0. The lowest BCUT2D eigenvalue weighted by atomic mass is 9.86. The molecule has 2 N–H and O–H groups in total. The van der Waals surface area contributed by atoms with E-state index in [2.05, 4.69) is 21.6 Å². The highest BCUT2D eigenvalue weighted by Gasteiger charge is 2.46. The molecule has 9 heteroatoms. The number of halogens is 1. The number of hydrogen-bond acceptors (Lipinski definition) is 5. The summed E-state index contributed by atoms with van der Waals surface area (Å²) in [6, 6.07) is 5.59. The Morgan fingerprint density at radius 3 is 2.36 bits per heavy atom. The second-order valence-electron chi connectivity index (χ2n) is 8.67. The first-order chi connectivity index (χ1) is 15.7. The fourth-order valence-electron chi connectivity index (χ4n) is 4.54. The van der Waals surface area contributed by atoms with Crippen LogP contribution in [-0.4, -0.2) is 53.9 Å². The molecule has 2 fully saturated rings. The SMILES string of the molecule is CCC1(c2ccc(C(=O)N3CCN(c4nc(C)c(C)cc4C)CC3)c(F)c2)NC(=O)NC1=O. The molecule has 1 aromatic carbocycles. The van der Waals surface area contributed by atoms with Gasteiger partial charge in [-0.1, -0.05) is 19.1 Å². The maximum atomic E-state index is 15.0. The Bertz CT molecular complexity index is 1140. The number of piperazine rings is 1. The molecule has 2 aliphatic rings. The Morgan fingerprint density at radius 2 is 1.79 bits per heavy atom. The lowest BCUT2D eigenvalue weighted by Crippen LogP contribution is -2.49. The summed E-state index contributed by atoms with van der Waals surface area (Å²) in [7, 11) is 0. The number of hydrogen-bond donors (Lipinski definition) is 2. The molecule has 33 heavy (non-hydrogen) atoms. The molecule has 0 bridgehead atoms. The van der Waals surface area contributed by atoms with Gasteiger partial charge in [0.2, 0.25) is 0 Å². The number of nitrogens with one attached hydrogen (secondary N) is 2. The van der Waals surface area contributed by atoms with Gasteiger partial charge in [-0.05, 0) is 56.0 Å². The first-order valence-corrected chi connectivity index (χ1v) is 11.1. The van der Waals surface area contributed by atoms with Gasteiger partial charge in [-0.25, -0.2) is 14.2 Å². The van der Waals surface area contributed by atoms with Gasteiger partial charge in [0.1, 0.15) is 17.2 Å². The van der Waals surface area contributed by atoms with E-state index in [1.807, 2.05) is 20.8 Å². The number of urea groups is 1. The normalized spacial score (nSPS) is 20.6. The van der Waals surface area contributed by atoms with Crippen LogP contribution in [-0.2, 0) is 10.3 Å². The Labute approximate surface area is 192 Å². The number of carbonyl (C=O) groups excluding carboxylic acids is 3. The number of aryl methyl sites for hydroxylation is 3. The van der Waals surface area contributed by atoms with Crippen molar-refractivity contribution in [2.24, 2.45) is 0 Å². The highest BCUT2D eigenvalue weighted by Crippen LogP contribution is 2.30. The number of nitrogens with zero attached hydrogens (tertiary/aromatic N) is 3. The van der Waals surface area contributed by atoms with Crippen LogP contribution in [0.4, 0.5) is 15.0 Å². The second kappa shape index (κ2) is 8.46. The van der Waals surface area contributed by atoms with Gasteiger partial charge in [0.05, 0.1) is 5.56 Å². The van der Waals surface area contributed by atoms with Crippen LogP contribution < -0.4 is 15.5 Å².